The third-order valence-corrected chi connectivity index (χ3v) is 6.57. The standard InChI is InChI=1S/C27H31N5O5/c1-18(6-4-5-14-32-17-21(13-15-33)29-30-32)27(36)23-16-20(9-12-24(23)31(2)26(27)35)28-25(34)19-7-10-22(37-3)11-8-19/h4,6-12,16-18,33,36H,5,13-15H2,1-3H3,(H,28,34)/b6-4+/t18-,27+/m0/s1. The number of aromatic nitrogens is 3. The Morgan fingerprint density at radius 2 is 2.00 bits per heavy atom. The van der Waals surface area contributed by atoms with E-state index in [0.29, 0.717) is 47.6 Å². The summed E-state index contributed by atoms with van der Waals surface area (Å²) in [7, 11) is 3.18. The first-order valence-electron chi connectivity index (χ1n) is 12.0. The number of carbonyl (C=O) groups excluding carboxylic acids is 2. The predicted molar refractivity (Wildman–Crippen MR) is 138 cm³/mol. The van der Waals surface area contributed by atoms with Crippen molar-refractivity contribution in [3.63, 3.8) is 0 Å². The molecule has 37 heavy (non-hydrogen) atoms. The maximum atomic E-state index is 13.2. The van der Waals surface area contributed by atoms with Crippen LogP contribution in [0.15, 0.2) is 60.8 Å². The number of likely N-dealkylation sites (N-methyl/N-ethyl adjacent to an activating group) is 1. The van der Waals surface area contributed by atoms with Crippen LogP contribution in [0.25, 0.3) is 0 Å². The quantitative estimate of drug-likeness (QED) is 0.361. The second kappa shape index (κ2) is 10.9. The molecule has 4 rings (SSSR count). The summed E-state index contributed by atoms with van der Waals surface area (Å²) in [5.74, 6) is -0.623. The fraction of sp³-hybridized carbons (Fsp3) is 0.333. The number of aliphatic hydroxyl groups excluding tert-OH is 1. The van der Waals surface area contributed by atoms with Gasteiger partial charge in [0.25, 0.3) is 11.8 Å². The molecule has 10 heteroatoms. The Morgan fingerprint density at radius 3 is 2.70 bits per heavy atom. The number of benzene rings is 2. The molecule has 1 aromatic heterocycles. The number of aliphatic hydroxyl groups is 2. The van der Waals surface area contributed by atoms with E-state index in [9.17, 15) is 14.7 Å². The zero-order valence-corrected chi connectivity index (χ0v) is 21.1. The van der Waals surface area contributed by atoms with Crippen LogP contribution >= 0.6 is 0 Å². The van der Waals surface area contributed by atoms with Crippen LogP contribution in [0.4, 0.5) is 11.4 Å². The lowest BCUT2D eigenvalue weighted by atomic mass is 9.82. The summed E-state index contributed by atoms with van der Waals surface area (Å²) in [5.41, 5.74) is 0.909. The SMILES string of the molecule is COc1ccc(C(=O)Nc2ccc3c(c2)[C@](O)([C@@H](C)/C=C/CCn2cc(CCO)nn2)C(=O)N3C)cc1. The van der Waals surface area contributed by atoms with E-state index in [1.54, 1.807) is 74.4 Å². The number of hydrogen-bond donors (Lipinski definition) is 3. The van der Waals surface area contributed by atoms with Crippen LogP contribution in [-0.2, 0) is 23.4 Å². The third-order valence-electron chi connectivity index (χ3n) is 6.57. The molecule has 0 fully saturated rings. The van der Waals surface area contributed by atoms with Gasteiger partial charge in [0.1, 0.15) is 5.75 Å². The Kier molecular flexibility index (Phi) is 7.70. The molecule has 0 saturated carbocycles. The number of ether oxygens (including phenoxy) is 1. The maximum absolute atomic E-state index is 13.2. The van der Waals surface area contributed by atoms with E-state index in [1.807, 2.05) is 12.2 Å². The first-order valence-corrected chi connectivity index (χ1v) is 12.0. The van der Waals surface area contributed by atoms with Gasteiger partial charge in [-0.2, -0.15) is 0 Å². The van der Waals surface area contributed by atoms with E-state index in [1.165, 1.54) is 4.90 Å². The molecule has 0 unspecified atom stereocenters. The number of amides is 2. The smallest absolute Gasteiger partial charge is 0.264 e. The summed E-state index contributed by atoms with van der Waals surface area (Å²) < 4.78 is 6.82. The van der Waals surface area contributed by atoms with Crippen molar-refractivity contribution in [2.45, 2.75) is 31.9 Å². The second-order valence-corrected chi connectivity index (χ2v) is 9.00. The van der Waals surface area contributed by atoms with Crippen molar-refractivity contribution in [2.24, 2.45) is 5.92 Å². The number of aryl methyl sites for hydroxylation is 1. The highest BCUT2D eigenvalue weighted by atomic mass is 16.5. The van der Waals surface area contributed by atoms with Gasteiger partial charge in [-0.1, -0.05) is 24.3 Å². The summed E-state index contributed by atoms with van der Waals surface area (Å²) in [6.45, 7) is 2.38. The van der Waals surface area contributed by atoms with Crippen molar-refractivity contribution in [2.75, 3.05) is 31.0 Å². The monoisotopic (exact) mass is 505 g/mol. The lowest BCUT2D eigenvalue weighted by Gasteiger charge is -2.27. The van der Waals surface area contributed by atoms with Gasteiger partial charge in [-0.3, -0.25) is 14.3 Å². The Morgan fingerprint density at radius 1 is 1.24 bits per heavy atom. The van der Waals surface area contributed by atoms with Crippen molar-refractivity contribution in [3.8, 4) is 5.75 Å². The van der Waals surface area contributed by atoms with Crippen LogP contribution in [0.3, 0.4) is 0 Å². The van der Waals surface area contributed by atoms with Crippen LogP contribution in [0, 0.1) is 5.92 Å². The Hall–Kier alpha value is -4.02. The van der Waals surface area contributed by atoms with E-state index in [-0.39, 0.29) is 12.5 Å². The molecule has 0 saturated heterocycles. The number of nitrogens with one attached hydrogen (secondary N) is 1. The number of allylic oxidation sites excluding steroid dienone is 1. The molecule has 0 aliphatic carbocycles. The minimum absolute atomic E-state index is 0.0194. The number of rotatable bonds is 10. The van der Waals surface area contributed by atoms with Gasteiger partial charge in [-0.15, -0.1) is 5.10 Å². The molecule has 3 N–H and O–H groups in total. The average Bonchev–Trinajstić information content (AvgIpc) is 3.43. The van der Waals surface area contributed by atoms with Crippen molar-refractivity contribution >= 4 is 23.2 Å². The van der Waals surface area contributed by atoms with Gasteiger partial charge in [-0.25, -0.2) is 0 Å². The first-order chi connectivity index (χ1) is 17.8. The van der Waals surface area contributed by atoms with E-state index in [0.717, 1.165) is 5.69 Å². The molecule has 0 radical (unpaired) electrons. The third kappa shape index (κ3) is 5.25. The van der Waals surface area contributed by atoms with Crippen LogP contribution < -0.4 is 15.0 Å². The molecular weight excluding hydrogens is 474 g/mol. The highest BCUT2D eigenvalue weighted by Crippen LogP contribution is 2.45. The van der Waals surface area contributed by atoms with E-state index >= 15 is 0 Å². The summed E-state index contributed by atoms with van der Waals surface area (Å²) >= 11 is 0. The number of carbonyl (C=O) groups is 2. The van der Waals surface area contributed by atoms with Gasteiger partial charge in [0, 0.05) is 55.5 Å². The fourth-order valence-electron chi connectivity index (χ4n) is 4.40. The molecule has 2 aromatic carbocycles. The molecule has 10 nitrogen and oxygen atoms in total. The topological polar surface area (TPSA) is 130 Å². The van der Waals surface area contributed by atoms with Crippen molar-refractivity contribution < 1.29 is 24.5 Å². The normalized spacial score (nSPS) is 17.8. The van der Waals surface area contributed by atoms with Gasteiger partial charge in [-0.05, 0) is 48.9 Å². The number of hydrogen-bond acceptors (Lipinski definition) is 7. The molecule has 194 valence electrons. The zero-order valence-electron chi connectivity index (χ0n) is 21.1. The molecule has 2 heterocycles. The van der Waals surface area contributed by atoms with Crippen molar-refractivity contribution in [1.82, 2.24) is 15.0 Å². The number of methoxy groups -OCH3 is 1. The van der Waals surface area contributed by atoms with Gasteiger partial charge < -0.3 is 25.2 Å². The summed E-state index contributed by atoms with van der Waals surface area (Å²) in [6, 6.07) is 11.8. The zero-order chi connectivity index (χ0) is 26.6. The van der Waals surface area contributed by atoms with Gasteiger partial charge in [0.2, 0.25) is 0 Å². The number of nitrogens with zero attached hydrogens (tertiary/aromatic N) is 4. The summed E-state index contributed by atoms with van der Waals surface area (Å²) in [4.78, 5) is 27.3. The molecule has 2 amide bonds. The van der Waals surface area contributed by atoms with Gasteiger partial charge in [0.15, 0.2) is 5.60 Å². The number of anilines is 2. The molecular formula is C27H31N5O5. The molecule has 3 aromatic rings. The van der Waals surface area contributed by atoms with Crippen LogP contribution in [0.5, 0.6) is 5.75 Å². The van der Waals surface area contributed by atoms with E-state index in [4.69, 9.17) is 9.84 Å². The summed E-state index contributed by atoms with van der Waals surface area (Å²) in [5, 5.41) is 31.5. The molecule has 1 aliphatic heterocycles. The average molecular weight is 506 g/mol. The van der Waals surface area contributed by atoms with Crippen molar-refractivity contribution in [1.29, 1.82) is 0 Å². The molecule has 1 aliphatic rings. The van der Waals surface area contributed by atoms with Gasteiger partial charge >= 0.3 is 0 Å². The minimum Gasteiger partial charge on any atom is -0.497 e. The lowest BCUT2D eigenvalue weighted by molar-refractivity contribution is -0.139. The Bertz CT molecular complexity index is 1300. The van der Waals surface area contributed by atoms with Crippen LogP contribution in [0.2, 0.25) is 0 Å². The van der Waals surface area contributed by atoms with Gasteiger partial charge in [0.05, 0.1) is 18.5 Å². The largest absolute Gasteiger partial charge is 0.497 e. The molecule has 0 spiro atoms. The first kappa shape index (κ1) is 26.1. The Labute approximate surface area is 215 Å². The van der Waals surface area contributed by atoms with E-state index < -0.39 is 17.4 Å². The van der Waals surface area contributed by atoms with Crippen molar-refractivity contribution in [3.05, 3.63) is 77.6 Å². The molecule has 0 bridgehead atoms. The highest BCUT2D eigenvalue weighted by molar-refractivity contribution is 6.08. The van der Waals surface area contributed by atoms with E-state index in [2.05, 4.69) is 15.6 Å². The minimum atomic E-state index is -1.77. The highest BCUT2D eigenvalue weighted by Gasteiger charge is 2.51. The number of fused-ring (bicyclic) bond motifs is 1. The van der Waals surface area contributed by atoms with Crippen LogP contribution in [-0.4, -0.2) is 57.8 Å². The second-order valence-electron chi connectivity index (χ2n) is 9.00. The maximum Gasteiger partial charge on any atom is 0.264 e. The Balaban J connectivity index is 1.48. The lowest BCUT2D eigenvalue weighted by Crippen LogP contribution is -2.43. The summed E-state index contributed by atoms with van der Waals surface area (Å²) in [6.07, 6.45) is 6.58. The predicted octanol–water partition coefficient (Wildman–Crippen LogP) is 2.52. The van der Waals surface area contributed by atoms with Crippen LogP contribution in [0.1, 0.15) is 35.0 Å². The molecule has 2 atom stereocenters. The fourth-order valence-corrected chi connectivity index (χ4v) is 4.40.